The van der Waals surface area contributed by atoms with Gasteiger partial charge in [-0.05, 0) is 17.7 Å². The van der Waals surface area contributed by atoms with Gasteiger partial charge in [-0.2, -0.15) is 0 Å². The first-order valence-corrected chi connectivity index (χ1v) is 6.43. The molecule has 0 radical (unpaired) electrons. The van der Waals surface area contributed by atoms with Crippen LogP contribution in [-0.4, -0.2) is 25.4 Å². The molecule has 0 amide bonds. The summed E-state index contributed by atoms with van der Waals surface area (Å²) in [6, 6.07) is 4.47. The summed E-state index contributed by atoms with van der Waals surface area (Å²) < 4.78 is 48.3. The molecule has 0 aliphatic heterocycles. The van der Waals surface area contributed by atoms with Gasteiger partial charge in [0.05, 0.1) is 10.8 Å². The highest BCUT2D eigenvalue weighted by Crippen LogP contribution is 2.61. The van der Waals surface area contributed by atoms with Crippen molar-refractivity contribution in [2.45, 2.75) is 16.7 Å². The molecular formula is C10H9F2NO4S. The number of nitrogens with two attached hydrogens (primary N) is 1. The topological polar surface area (TPSA) is 97.5 Å². The van der Waals surface area contributed by atoms with Crippen molar-refractivity contribution >= 4 is 16.0 Å². The molecule has 3 N–H and O–H groups in total. The zero-order valence-electron chi connectivity index (χ0n) is 8.88. The average Bonchev–Trinajstić information content (AvgIpc) is 2.80. The smallest absolute Gasteiger partial charge is 0.313 e. The summed E-state index contributed by atoms with van der Waals surface area (Å²) in [4.78, 5) is 10.4. The number of sulfonamides is 1. The molecule has 1 saturated carbocycles. The SMILES string of the molecule is NS(=O)(=O)c1ccc(C2C(C(=O)O)C2(F)F)cc1. The van der Waals surface area contributed by atoms with Gasteiger partial charge in [-0.15, -0.1) is 0 Å². The van der Waals surface area contributed by atoms with Gasteiger partial charge in [0.15, 0.2) is 0 Å². The monoisotopic (exact) mass is 277 g/mol. The number of carbonyl (C=O) groups is 1. The van der Waals surface area contributed by atoms with Crippen molar-refractivity contribution < 1.29 is 27.1 Å². The molecule has 1 aromatic rings. The van der Waals surface area contributed by atoms with E-state index in [1.54, 1.807) is 0 Å². The molecule has 1 fully saturated rings. The number of hydrogen-bond acceptors (Lipinski definition) is 3. The fourth-order valence-electron chi connectivity index (χ4n) is 1.91. The van der Waals surface area contributed by atoms with Crippen molar-refractivity contribution in [2.75, 3.05) is 0 Å². The first kappa shape index (κ1) is 12.9. The molecule has 0 saturated heterocycles. The molecule has 98 valence electrons. The van der Waals surface area contributed by atoms with Gasteiger partial charge in [0.25, 0.3) is 5.92 Å². The number of hydrogen-bond donors (Lipinski definition) is 2. The Kier molecular flexibility index (Phi) is 2.67. The molecule has 2 unspecified atom stereocenters. The standard InChI is InChI=1S/C10H9F2NO4S/c11-10(12)7(8(10)9(14)15)5-1-3-6(4-2-5)18(13,16)17/h1-4,7-8H,(H,14,15)(H2,13,16,17). The second-order valence-electron chi connectivity index (χ2n) is 4.08. The van der Waals surface area contributed by atoms with Crippen molar-refractivity contribution in [1.82, 2.24) is 0 Å². The first-order chi connectivity index (χ1) is 8.15. The summed E-state index contributed by atoms with van der Waals surface area (Å²) in [7, 11) is -3.89. The average molecular weight is 277 g/mol. The summed E-state index contributed by atoms with van der Waals surface area (Å²) in [5.74, 6) is -8.03. The van der Waals surface area contributed by atoms with Gasteiger partial charge in [0.2, 0.25) is 10.0 Å². The van der Waals surface area contributed by atoms with Crippen molar-refractivity contribution in [3.63, 3.8) is 0 Å². The van der Waals surface area contributed by atoms with E-state index in [0.717, 1.165) is 24.3 Å². The lowest BCUT2D eigenvalue weighted by Crippen LogP contribution is -2.11. The van der Waals surface area contributed by atoms with Crippen LogP contribution in [0.25, 0.3) is 0 Å². The third-order valence-electron chi connectivity index (χ3n) is 2.89. The van der Waals surface area contributed by atoms with Crippen molar-refractivity contribution in [3.05, 3.63) is 29.8 Å². The third kappa shape index (κ3) is 1.97. The van der Waals surface area contributed by atoms with Gasteiger partial charge in [-0.25, -0.2) is 22.3 Å². The zero-order valence-corrected chi connectivity index (χ0v) is 9.69. The van der Waals surface area contributed by atoms with Gasteiger partial charge in [0, 0.05) is 0 Å². The van der Waals surface area contributed by atoms with Crippen LogP contribution in [0.15, 0.2) is 29.2 Å². The molecule has 1 aliphatic rings. The van der Waals surface area contributed by atoms with Crippen LogP contribution in [0.1, 0.15) is 11.5 Å². The summed E-state index contributed by atoms with van der Waals surface area (Å²) in [6.45, 7) is 0. The Balaban J connectivity index is 2.30. The van der Waals surface area contributed by atoms with E-state index < -0.39 is 33.8 Å². The van der Waals surface area contributed by atoms with Gasteiger partial charge in [-0.3, -0.25) is 4.79 Å². The molecule has 2 atom stereocenters. The third-order valence-corrected chi connectivity index (χ3v) is 3.82. The second kappa shape index (κ2) is 3.72. The molecule has 1 aliphatic carbocycles. The lowest BCUT2D eigenvalue weighted by Gasteiger charge is -2.01. The predicted octanol–water partition coefficient (Wildman–Crippen LogP) is 0.767. The Hall–Kier alpha value is -1.54. The fraction of sp³-hybridized carbons (Fsp3) is 0.300. The minimum atomic E-state index is -3.89. The van der Waals surface area contributed by atoms with Gasteiger partial charge in [-0.1, -0.05) is 12.1 Å². The van der Waals surface area contributed by atoms with Crippen LogP contribution in [0, 0.1) is 5.92 Å². The lowest BCUT2D eigenvalue weighted by molar-refractivity contribution is -0.140. The van der Waals surface area contributed by atoms with Gasteiger partial charge < -0.3 is 5.11 Å². The van der Waals surface area contributed by atoms with Crippen molar-refractivity contribution in [3.8, 4) is 0 Å². The molecule has 8 heteroatoms. The lowest BCUT2D eigenvalue weighted by atomic mass is 10.1. The molecular weight excluding hydrogens is 268 g/mol. The van der Waals surface area contributed by atoms with E-state index in [9.17, 15) is 22.0 Å². The molecule has 2 rings (SSSR count). The van der Waals surface area contributed by atoms with Gasteiger partial charge in [0.1, 0.15) is 5.92 Å². The highest BCUT2D eigenvalue weighted by atomic mass is 32.2. The number of benzene rings is 1. The van der Waals surface area contributed by atoms with Gasteiger partial charge >= 0.3 is 5.97 Å². The Morgan fingerprint density at radius 2 is 1.78 bits per heavy atom. The normalized spacial score (nSPS) is 25.7. The van der Waals surface area contributed by atoms with E-state index in [4.69, 9.17) is 10.2 Å². The van der Waals surface area contributed by atoms with Crippen LogP contribution in [0.3, 0.4) is 0 Å². The Morgan fingerprint density at radius 1 is 1.28 bits per heavy atom. The molecule has 0 heterocycles. The summed E-state index contributed by atoms with van der Waals surface area (Å²) >= 11 is 0. The maximum Gasteiger partial charge on any atom is 0.313 e. The summed E-state index contributed by atoms with van der Waals surface area (Å²) in [5.41, 5.74) is 0.0831. The van der Waals surface area contributed by atoms with Crippen LogP contribution >= 0.6 is 0 Å². The van der Waals surface area contributed by atoms with E-state index in [-0.39, 0.29) is 10.5 Å². The van der Waals surface area contributed by atoms with Crippen molar-refractivity contribution in [1.29, 1.82) is 0 Å². The Morgan fingerprint density at radius 3 is 2.11 bits per heavy atom. The highest BCUT2D eigenvalue weighted by Gasteiger charge is 2.72. The fourth-order valence-corrected chi connectivity index (χ4v) is 2.43. The van der Waals surface area contributed by atoms with Crippen LogP contribution < -0.4 is 5.14 Å². The predicted molar refractivity (Wildman–Crippen MR) is 56.6 cm³/mol. The maximum atomic E-state index is 13.2. The number of halogens is 2. The minimum absolute atomic E-state index is 0.0831. The minimum Gasteiger partial charge on any atom is -0.481 e. The first-order valence-electron chi connectivity index (χ1n) is 4.89. The number of carboxylic acid groups (broad SMARTS) is 1. The molecule has 0 bridgehead atoms. The highest BCUT2D eigenvalue weighted by molar-refractivity contribution is 7.89. The number of alkyl halides is 2. The zero-order chi connectivity index (χ0) is 13.7. The van der Waals surface area contributed by atoms with E-state index in [1.165, 1.54) is 0 Å². The van der Waals surface area contributed by atoms with Crippen LogP contribution in [0.4, 0.5) is 8.78 Å². The number of rotatable bonds is 3. The van der Waals surface area contributed by atoms with Crippen LogP contribution in [0.2, 0.25) is 0 Å². The Bertz CT molecular complexity index is 597. The summed E-state index contributed by atoms with van der Waals surface area (Å²) in [6.07, 6.45) is 0. The molecule has 0 aromatic heterocycles. The maximum absolute atomic E-state index is 13.2. The van der Waals surface area contributed by atoms with Crippen LogP contribution in [-0.2, 0) is 14.8 Å². The quantitative estimate of drug-likeness (QED) is 0.852. The largest absolute Gasteiger partial charge is 0.481 e. The molecule has 5 nitrogen and oxygen atoms in total. The number of carboxylic acids is 1. The van der Waals surface area contributed by atoms with E-state index in [1.807, 2.05) is 0 Å². The second-order valence-corrected chi connectivity index (χ2v) is 5.64. The Labute approximate surface area is 101 Å². The number of aliphatic carboxylic acids is 1. The number of primary sulfonamides is 1. The van der Waals surface area contributed by atoms with Crippen LogP contribution in [0.5, 0.6) is 0 Å². The van der Waals surface area contributed by atoms with E-state index in [0.29, 0.717) is 0 Å². The molecule has 18 heavy (non-hydrogen) atoms. The summed E-state index contributed by atoms with van der Waals surface area (Å²) in [5, 5.41) is 13.5. The van der Waals surface area contributed by atoms with E-state index in [2.05, 4.69) is 0 Å². The molecule has 0 spiro atoms. The van der Waals surface area contributed by atoms with Crippen molar-refractivity contribution in [2.24, 2.45) is 11.1 Å². The molecule has 1 aromatic carbocycles. The van der Waals surface area contributed by atoms with E-state index >= 15 is 0 Å².